The fourth-order valence-electron chi connectivity index (χ4n) is 2.89. The largest absolute Gasteiger partial charge is 0.497 e. The lowest BCUT2D eigenvalue weighted by Gasteiger charge is -2.21. The van der Waals surface area contributed by atoms with Crippen LogP contribution in [0.2, 0.25) is 0 Å². The van der Waals surface area contributed by atoms with Crippen molar-refractivity contribution in [1.82, 2.24) is 10.8 Å². The molecule has 1 atom stereocenters. The second kappa shape index (κ2) is 13.2. The Hall–Kier alpha value is -3.17. The summed E-state index contributed by atoms with van der Waals surface area (Å²) in [6.45, 7) is 0. The molecule has 166 valence electrons. The highest BCUT2D eigenvalue weighted by Crippen LogP contribution is 2.15. The summed E-state index contributed by atoms with van der Waals surface area (Å²) in [5, 5.41) is 17.9. The van der Waals surface area contributed by atoms with Crippen LogP contribution in [0.5, 0.6) is 5.75 Å². The number of amides is 2. The summed E-state index contributed by atoms with van der Waals surface area (Å²) in [6, 6.07) is 15.9. The molecule has 2 rings (SSSR count). The molecule has 0 aromatic heterocycles. The molecule has 0 spiro atoms. The zero-order valence-electron chi connectivity index (χ0n) is 17.4. The molecule has 8 nitrogen and oxygen atoms in total. The fourth-order valence-corrected chi connectivity index (χ4v) is 3.15. The predicted molar refractivity (Wildman–Crippen MR) is 124 cm³/mol. The van der Waals surface area contributed by atoms with Gasteiger partial charge in [-0.1, -0.05) is 31.0 Å². The summed E-state index contributed by atoms with van der Waals surface area (Å²) < 4.78 is 5.14. The van der Waals surface area contributed by atoms with Crippen LogP contribution in [-0.4, -0.2) is 35.3 Å². The highest BCUT2D eigenvalue weighted by molar-refractivity contribution is 7.80. The quantitative estimate of drug-likeness (QED) is 0.156. The van der Waals surface area contributed by atoms with Crippen LogP contribution in [0.1, 0.15) is 32.1 Å². The van der Waals surface area contributed by atoms with Crippen molar-refractivity contribution in [3.8, 4) is 5.75 Å². The van der Waals surface area contributed by atoms with Gasteiger partial charge >= 0.3 is 0 Å². The summed E-state index contributed by atoms with van der Waals surface area (Å²) in [7, 11) is 1.60. The van der Waals surface area contributed by atoms with Gasteiger partial charge in [0.15, 0.2) is 5.11 Å². The fraction of sp³-hybridized carbons (Fsp3) is 0.318. The molecule has 0 saturated heterocycles. The van der Waals surface area contributed by atoms with E-state index < -0.39 is 11.9 Å². The first kappa shape index (κ1) is 24.1. The van der Waals surface area contributed by atoms with Crippen LogP contribution < -0.4 is 26.2 Å². The lowest BCUT2D eigenvalue weighted by molar-refractivity contribution is -0.129. The lowest BCUT2D eigenvalue weighted by Crippen LogP contribution is -2.45. The smallest absolute Gasteiger partial charge is 0.246 e. The first-order valence-corrected chi connectivity index (χ1v) is 10.4. The van der Waals surface area contributed by atoms with Crippen molar-refractivity contribution < 1.29 is 19.5 Å². The number of carbonyl (C=O) groups excluding carboxylic acids is 2. The number of nitrogens with one attached hydrogen (secondary N) is 4. The molecule has 31 heavy (non-hydrogen) atoms. The average Bonchev–Trinajstić information content (AvgIpc) is 2.79. The first-order chi connectivity index (χ1) is 15.0. The maximum absolute atomic E-state index is 12.8. The zero-order valence-corrected chi connectivity index (χ0v) is 18.2. The third kappa shape index (κ3) is 9.02. The van der Waals surface area contributed by atoms with Crippen molar-refractivity contribution in [2.45, 2.75) is 38.1 Å². The molecule has 9 heteroatoms. The van der Waals surface area contributed by atoms with E-state index >= 15 is 0 Å². The van der Waals surface area contributed by atoms with Gasteiger partial charge in [-0.3, -0.25) is 14.8 Å². The van der Waals surface area contributed by atoms with Gasteiger partial charge in [0.2, 0.25) is 11.8 Å². The number of anilines is 2. The van der Waals surface area contributed by atoms with Crippen molar-refractivity contribution in [2.24, 2.45) is 0 Å². The molecule has 0 unspecified atom stereocenters. The Morgan fingerprint density at radius 3 is 2.29 bits per heavy atom. The highest BCUT2D eigenvalue weighted by Gasteiger charge is 2.19. The van der Waals surface area contributed by atoms with Crippen LogP contribution in [0, 0.1) is 0 Å². The number of benzene rings is 2. The molecule has 0 saturated carbocycles. The molecule has 2 amide bonds. The van der Waals surface area contributed by atoms with E-state index in [2.05, 4.69) is 16.0 Å². The van der Waals surface area contributed by atoms with E-state index in [4.69, 9.17) is 22.2 Å². The number of para-hydroxylation sites is 1. The number of hydrogen-bond donors (Lipinski definition) is 5. The minimum absolute atomic E-state index is 0.196. The molecule has 5 N–H and O–H groups in total. The van der Waals surface area contributed by atoms with Crippen LogP contribution in [0.4, 0.5) is 11.4 Å². The van der Waals surface area contributed by atoms with Gasteiger partial charge in [-0.2, -0.15) is 0 Å². The van der Waals surface area contributed by atoms with E-state index in [1.54, 1.807) is 12.6 Å². The zero-order chi connectivity index (χ0) is 22.5. The monoisotopic (exact) mass is 444 g/mol. The molecule has 2 aromatic carbocycles. The second-order valence-corrected chi connectivity index (χ2v) is 7.28. The van der Waals surface area contributed by atoms with E-state index in [0.29, 0.717) is 30.1 Å². The molecular formula is C22H28N4O4S. The average molecular weight is 445 g/mol. The molecule has 0 fully saturated rings. The number of thiocarbonyl (C=S) groups is 1. The van der Waals surface area contributed by atoms with Crippen molar-refractivity contribution in [2.75, 3.05) is 17.7 Å². The molecular weight excluding hydrogens is 416 g/mol. The molecule has 0 aliphatic rings. The van der Waals surface area contributed by atoms with Gasteiger partial charge in [0.25, 0.3) is 0 Å². The highest BCUT2D eigenvalue weighted by atomic mass is 32.1. The Morgan fingerprint density at radius 2 is 1.65 bits per heavy atom. The normalized spacial score (nSPS) is 11.2. The molecule has 0 aliphatic heterocycles. The number of carbonyl (C=O) groups is 2. The van der Waals surface area contributed by atoms with Crippen LogP contribution >= 0.6 is 12.2 Å². The van der Waals surface area contributed by atoms with Gasteiger partial charge in [0, 0.05) is 17.8 Å². The number of ether oxygens (including phenoxy) is 1. The van der Waals surface area contributed by atoms with E-state index in [1.807, 2.05) is 54.6 Å². The van der Waals surface area contributed by atoms with Gasteiger partial charge < -0.3 is 20.7 Å². The number of hydrogen-bond acceptors (Lipinski definition) is 5. The Kier molecular flexibility index (Phi) is 10.3. The lowest BCUT2D eigenvalue weighted by atomic mass is 10.1. The first-order valence-electron chi connectivity index (χ1n) is 10.0. The molecule has 0 aliphatic carbocycles. The third-order valence-electron chi connectivity index (χ3n) is 4.53. The van der Waals surface area contributed by atoms with Crippen LogP contribution in [-0.2, 0) is 9.59 Å². The molecule has 2 aromatic rings. The summed E-state index contributed by atoms with van der Waals surface area (Å²) >= 11 is 5.39. The predicted octanol–water partition coefficient (Wildman–Crippen LogP) is 3.44. The topological polar surface area (TPSA) is 112 Å². The summed E-state index contributed by atoms with van der Waals surface area (Å²) in [6.07, 6.45) is 2.84. The van der Waals surface area contributed by atoms with Gasteiger partial charge in [0.05, 0.1) is 7.11 Å². The standard InChI is InChI=1S/C22H28N4O4S/c1-30-18-14-12-17(13-15-18)24-22(31)25-19(10-6-3-7-11-20(27)26-29)21(28)23-16-8-4-2-5-9-16/h2,4-5,8-9,12-15,19,29H,3,6-7,10-11H2,1H3,(H,23,28)(H,26,27)(H2,24,25,31)/t19-/m0/s1. The number of methoxy groups -OCH3 is 1. The van der Waals surface area contributed by atoms with E-state index in [-0.39, 0.29) is 12.3 Å². The van der Waals surface area contributed by atoms with Crippen molar-refractivity contribution in [1.29, 1.82) is 0 Å². The Bertz CT molecular complexity index is 846. The SMILES string of the molecule is COc1ccc(NC(=S)N[C@@H](CCCCCC(=O)NO)C(=O)Nc2ccccc2)cc1. The minimum Gasteiger partial charge on any atom is -0.497 e. The second-order valence-electron chi connectivity index (χ2n) is 6.87. The minimum atomic E-state index is -0.551. The maximum Gasteiger partial charge on any atom is 0.246 e. The summed E-state index contributed by atoms with van der Waals surface area (Å²) in [4.78, 5) is 23.9. The molecule has 0 radical (unpaired) electrons. The van der Waals surface area contributed by atoms with Gasteiger partial charge in [0.1, 0.15) is 11.8 Å². The van der Waals surface area contributed by atoms with Crippen LogP contribution in [0.15, 0.2) is 54.6 Å². The maximum atomic E-state index is 12.8. The van der Waals surface area contributed by atoms with Crippen molar-refractivity contribution in [3.05, 3.63) is 54.6 Å². The Balaban J connectivity index is 1.93. The van der Waals surface area contributed by atoms with Crippen LogP contribution in [0.25, 0.3) is 0 Å². The molecule has 0 heterocycles. The third-order valence-corrected chi connectivity index (χ3v) is 4.75. The summed E-state index contributed by atoms with van der Waals surface area (Å²) in [5.41, 5.74) is 3.09. The molecule has 0 bridgehead atoms. The number of rotatable bonds is 11. The van der Waals surface area contributed by atoms with E-state index in [9.17, 15) is 9.59 Å². The van der Waals surface area contributed by atoms with Crippen molar-refractivity contribution in [3.63, 3.8) is 0 Å². The summed E-state index contributed by atoms with van der Waals surface area (Å²) in [5.74, 6) is 0.124. The van der Waals surface area contributed by atoms with Gasteiger partial charge in [-0.05, 0) is 61.5 Å². The Labute approximate surface area is 187 Å². The van der Waals surface area contributed by atoms with Gasteiger partial charge in [-0.15, -0.1) is 0 Å². The van der Waals surface area contributed by atoms with Crippen LogP contribution in [0.3, 0.4) is 0 Å². The van der Waals surface area contributed by atoms with Gasteiger partial charge in [-0.25, -0.2) is 5.48 Å². The number of hydroxylamine groups is 1. The number of unbranched alkanes of at least 4 members (excludes halogenated alkanes) is 2. The Morgan fingerprint density at radius 1 is 0.968 bits per heavy atom. The van der Waals surface area contributed by atoms with E-state index in [0.717, 1.165) is 17.9 Å². The van der Waals surface area contributed by atoms with Crippen molar-refractivity contribution >= 4 is 40.5 Å². The van der Waals surface area contributed by atoms with E-state index in [1.165, 1.54) is 0 Å².